The quantitative estimate of drug-likeness (QED) is 0.321. The average Bonchev–Trinajstić information content (AvgIpc) is 2.63. The summed E-state index contributed by atoms with van der Waals surface area (Å²) in [7, 11) is 0. The highest BCUT2D eigenvalue weighted by molar-refractivity contribution is 8.15. The number of thioether (sulfide) groups is 1. The van der Waals surface area contributed by atoms with Crippen molar-refractivity contribution in [2.45, 2.75) is 115 Å². The summed E-state index contributed by atoms with van der Waals surface area (Å²) in [6, 6.07) is 0. The number of carbonyl (C=O) groups excluding carboxylic acids is 1. The van der Waals surface area contributed by atoms with Crippen molar-refractivity contribution >= 4 is 16.9 Å². The van der Waals surface area contributed by atoms with E-state index in [1.807, 2.05) is 6.92 Å². The van der Waals surface area contributed by atoms with E-state index in [0.29, 0.717) is 0 Å². The third kappa shape index (κ3) is 8.98. The molecule has 1 saturated carbocycles. The van der Waals surface area contributed by atoms with E-state index in [9.17, 15) is 4.79 Å². The number of unbranched alkanes of at least 4 members (excludes halogenated alkanes) is 5. The molecule has 1 aliphatic carbocycles. The van der Waals surface area contributed by atoms with Gasteiger partial charge in [0.05, 0.1) is 0 Å². The topological polar surface area (TPSA) is 17.1 Å². The maximum Gasteiger partial charge on any atom is 0.214 e. The van der Waals surface area contributed by atoms with E-state index in [1.54, 1.807) is 11.8 Å². The van der Waals surface area contributed by atoms with Gasteiger partial charge in [0.2, 0.25) is 5.12 Å². The first kappa shape index (κ1) is 20.8. The molecule has 0 N–H and O–H groups in total. The molecular formula is C21H38OS. The molecule has 0 radical (unpaired) electrons. The van der Waals surface area contributed by atoms with Crippen molar-refractivity contribution in [3.63, 3.8) is 0 Å². The predicted octanol–water partition coefficient (Wildman–Crippen LogP) is 7.45. The molecule has 1 nitrogen and oxygen atoms in total. The van der Waals surface area contributed by atoms with Crippen LogP contribution >= 0.6 is 11.8 Å². The molecular weight excluding hydrogens is 300 g/mol. The standard InChI is InChI=1S/C21H38OS/c1-4-5-6-7-10-13-16-21(23-20(22)19(2)3)17-14-11-8-9-12-15-18-21/h2,4-18H2,1,3H3. The van der Waals surface area contributed by atoms with Crippen LogP contribution in [0.1, 0.15) is 110 Å². The third-order valence-electron chi connectivity index (χ3n) is 5.16. The highest BCUT2D eigenvalue weighted by Gasteiger charge is 2.32. The summed E-state index contributed by atoms with van der Waals surface area (Å²) >= 11 is 1.64. The molecule has 0 unspecified atom stereocenters. The van der Waals surface area contributed by atoms with Crippen LogP contribution in [-0.2, 0) is 4.79 Å². The van der Waals surface area contributed by atoms with E-state index in [4.69, 9.17) is 0 Å². The van der Waals surface area contributed by atoms with Gasteiger partial charge in [0, 0.05) is 4.75 Å². The van der Waals surface area contributed by atoms with Gasteiger partial charge in [-0.25, -0.2) is 0 Å². The van der Waals surface area contributed by atoms with Gasteiger partial charge in [-0.15, -0.1) is 0 Å². The van der Waals surface area contributed by atoms with Gasteiger partial charge in [-0.2, -0.15) is 0 Å². The van der Waals surface area contributed by atoms with Crippen molar-refractivity contribution in [2.75, 3.05) is 0 Å². The van der Waals surface area contributed by atoms with Gasteiger partial charge >= 0.3 is 0 Å². The fourth-order valence-electron chi connectivity index (χ4n) is 3.64. The molecule has 0 aromatic rings. The van der Waals surface area contributed by atoms with E-state index < -0.39 is 0 Å². The van der Waals surface area contributed by atoms with Crippen molar-refractivity contribution in [3.8, 4) is 0 Å². The summed E-state index contributed by atoms with van der Waals surface area (Å²) in [6.45, 7) is 8.01. The van der Waals surface area contributed by atoms with Gasteiger partial charge in [-0.05, 0) is 31.8 Å². The molecule has 0 spiro atoms. The number of hydrogen-bond acceptors (Lipinski definition) is 2. The number of carbonyl (C=O) groups is 1. The van der Waals surface area contributed by atoms with Crippen molar-refractivity contribution in [2.24, 2.45) is 0 Å². The highest BCUT2D eigenvalue weighted by Crippen LogP contribution is 2.43. The maximum absolute atomic E-state index is 12.3. The molecule has 2 heteroatoms. The van der Waals surface area contributed by atoms with Crippen LogP contribution in [0.15, 0.2) is 12.2 Å². The lowest BCUT2D eigenvalue weighted by atomic mass is 9.90. The highest BCUT2D eigenvalue weighted by atomic mass is 32.2. The molecule has 0 amide bonds. The fraction of sp³-hybridized carbons (Fsp3) is 0.857. The van der Waals surface area contributed by atoms with Gasteiger partial charge in [0.25, 0.3) is 0 Å². The van der Waals surface area contributed by atoms with Crippen molar-refractivity contribution in [1.29, 1.82) is 0 Å². The van der Waals surface area contributed by atoms with E-state index in [1.165, 1.54) is 96.3 Å². The molecule has 0 saturated heterocycles. The van der Waals surface area contributed by atoms with Crippen LogP contribution in [0.3, 0.4) is 0 Å². The second-order valence-corrected chi connectivity index (χ2v) is 8.93. The Morgan fingerprint density at radius 2 is 1.43 bits per heavy atom. The molecule has 0 heterocycles. The normalized spacial score (nSPS) is 18.7. The maximum atomic E-state index is 12.3. The zero-order chi connectivity index (χ0) is 17.0. The molecule has 0 aromatic heterocycles. The molecule has 0 bridgehead atoms. The monoisotopic (exact) mass is 338 g/mol. The minimum absolute atomic E-state index is 0.200. The van der Waals surface area contributed by atoms with Crippen LogP contribution in [-0.4, -0.2) is 9.86 Å². The Balaban J connectivity index is 2.57. The Hall–Kier alpha value is -0.240. The Morgan fingerprint density at radius 3 is 2.00 bits per heavy atom. The summed E-state index contributed by atoms with van der Waals surface area (Å²) in [4.78, 5) is 12.3. The lowest BCUT2D eigenvalue weighted by Gasteiger charge is -2.33. The van der Waals surface area contributed by atoms with Gasteiger partial charge in [0.15, 0.2) is 0 Å². The molecule has 0 aliphatic heterocycles. The fourth-order valence-corrected chi connectivity index (χ4v) is 4.95. The molecule has 0 aromatic carbocycles. The first-order chi connectivity index (χ1) is 11.1. The second kappa shape index (κ2) is 12.2. The lowest BCUT2D eigenvalue weighted by molar-refractivity contribution is -0.107. The van der Waals surface area contributed by atoms with Crippen molar-refractivity contribution < 1.29 is 4.79 Å². The Labute approximate surface area is 149 Å². The Kier molecular flexibility index (Phi) is 11.0. The van der Waals surface area contributed by atoms with E-state index in [0.717, 1.165) is 5.57 Å². The smallest absolute Gasteiger partial charge is 0.214 e. The minimum atomic E-state index is 0.200. The minimum Gasteiger partial charge on any atom is -0.282 e. The van der Waals surface area contributed by atoms with Crippen LogP contribution in [0, 0.1) is 0 Å². The third-order valence-corrected chi connectivity index (χ3v) is 6.74. The molecule has 0 atom stereocenters. The van der Waals surface area contributed by atoms with E-state index in [-0.39, 0.29) is 9.86 Å². The molecule has 23 heavy (non-hydrogen) atoms. The van der Waals surface area contributed by atoms with E-state index in [2.05, 4.69) is 13.5 Å². The summed E-state index contributed by atoms with van der Waals surface area (Å²) < 4.78 is 0.200. The zero-order valence-corrected chi connectivity index (χ0v) is 16.4. The predicted molar refractivity (Wildman–Crippen MR) is 105 cm³/mol. The van der Waals surface area contributed by atoms with Crippen LogP contribution in [0.25, 0.3) is 0 Å². The van der Waals surface area contributed by atoms with Crippen LogP contribution in [0.2, 0.25) is 0 Å². The van der Waals surface area contributed by atoms with E-state index >= 15 is 0 Å². The summed E-state index contributed by atoms with van der Waals surface area (Å²) in [5.74, 6) is 0. The Morgan fingerprint density at radius 1 is 0.913 bits per heavy atom. The number of hydrogen-bond donors (Lipinski definition) is 0. The summed E-state index contributed by atoms with van der Waals surface area (Å²) in [6.07, 6.45) is 19.8. The van der Waals surface area contributed by atoms with Crippen LogP contribution in [0.4, 0.5) is 0 Å². The van der Waals surface area contributed by atoms with Gasteiger partial charge in [0.1, 0.15) is 0 Å². The summed E-state index contributed by atoms with van der Waals surface area (Å²) in [5.41, 5.74) is 0.720. The molecule has 1 aliphatic rings. The van der Waals surface area contributed by atoms with Crippen molar-refractivity contribution in [1.82, 2.24) is 0 Å². The zero-order valence-electron chi connectivity index (χ0n) is 15.6. The molecule has 1 rings (SSSR count). The van der Waals surface area contributed by atoms with Crippen molar-refractivity contribution in [3.05, 3.63) is 12.2 Å². The molecule has 134 valence electrons. The van der Waals surface area contributed by atoms with Gasteiger partial charge < -0.3 is 0 Å². The van der Waals surface area contributed by atoms with Crippen LogP contribution in [0.5, 0.6) is 0 Å². The van der Waals surface area contributed by atoms with Gasteiger partial charge in [-0.3, -0.25) is 4.79 Å². The first-order valence-electron chi connectivity index (χ1n) is 9.98. The lowest BCUT2D eigenvalue weighted by Crippen LogP contribution is -2.27. The van der Waals surface area contributed by atoms with Gasteiger partial charge in [-0.1, -0.05) is 102 Å². The number of rotatable bonds is 9. The van der Waals surface area contributed by atoms with Crippen LogP contribution < -0.4 is 0 Å². The first-order valence-corrected chi connectivity index (χ1v) is 10.8. The molecule has 1 fully saturated rings. The average molecular weight is 339 g/mol. The SMILES string of the molecule is C=C(C)C(=O)SC1(CCCCCCCC)CCCCCCCC1. The largest absolute Gasteiger partial charge is 0.282 e. The Bertz CT molecular complexity index is 338. The second-order valence-electron chi connectivity index (χ2n) is 7.49. The summed E-state index contributed by atoms with van der Waals surface area (Å²) in [5, 5.41) is 0.232.